The van der Waals surface area contributed by atoms with Gasteiger partial charge >= 0.3 is 0 Å². The molecule has 0 atom stereocenters. The highest BCUT2D eigenvalue weighted by atomic mass is 127. The van der Waals surface area contributed by atoms with Crippen LogP contribution in [0.15, 0.2) is 35.3 Å². The summed E-state index contributed by atoms with van der Waals surface area (Å²) in [4.78, 5) is 6.74. The zero-order chi connectivity index (χ0) is 17.3. The van der Waals surface area contributed by atoms with Crippen LogP contribution in [0.2, 0.25) is 0 Å². The highest BCUT2D eigenvalue weighted by Gasteiger charge is 2.20. The van der Waals surface area contributed by atoms with Crippen LogP contribution in [-0.4, -0.2) is 70.1 Å². The van der Waals surface area contributed by atoms with Crippen molar-refractivity contribution in [3.63, 3.8) is 0 Å². The maximum absolute atomic E-state index is 11.4. The second-order valence-corrected chi connectivity index (χ2v) is 8.22. The monoisotopic (exact) mass is 480 g/mol. The van der Waals surface area contributed by atoms with E-state index in [4.69, 9.17) is 0 Å². The largest absolute Gasteiger partial charge is 0.357 e. The van der Waals surface area contributed by atoms with Crippen LogP contribution < -0.4 is 10.6 Å². The average Bonchev–Trinajstić information content (AvgIpc) is 2.57. The van der Waals surface area contributed by atoms with Crippen molar-refractivity contribution in [2.24, 2.45) is 4.99 Å². The Morgan fingerprint density at radius 1 is 1.16 bits per heavy atom. The van der Waals surface area contributed by atoms with Gasteiger partial charge in [0.15, 0.2) is 15.8 Å². The molecule has 0 radical (unpaired) electrons. The van der Waals surface area contributed by atoms with Crippen molar-refractivity contribution < 1.29 is 8.42 Å². The Morgan fingerprint density at radius 3 is 2.48 bits per heavy atom. The summed E-state index contributed by atoms with van der Waals surface area (Å²) >= 11 is 0. The second kappa shape index (κ2) is 11.7. The van der Waals surface area contributed by atoms with Gasteiger partial charge in [-0.1, -0.05) is 30.3 Å². The topological polar surface area (TPSA) is 73.8 Å². The zero-order valence-corrected chi connectivity index (χ0v) is 17.9. The van der Waals surface area contributed by atoms with E-state index in [1.54, 1.807) is 0 Å². The summed E-state index contributed by atoms with van der Waals surface area (Å²) in [6.07, 6.45) is 0.954. The Hall–Kier alpha value is -0.870. The van der Waals surface area contributed by atoms with E-state index in [1.165, 1.54) is 5.56 Å². The molecule has 1 heterocycles. The Balaban J connectivity index is 0.00000312. The van der Waals surface area contributed by atoms with Crippen molar-refractivity contribution in [2.45, 2.75) is 13.3 Å². The molecule has 0 saturated carbocycles. The Kier molecular flexibility index (Phi) is 10.4. The van der Waals surface area contributed by atoms with Gasteiger partial charge in [-0.2, -0.15) is 0 Å². The summed E-state index contributed by atoms with van der Waals surface area (Å²) < 4.78 is 22.8. The van der Waals surface area contributed by atoms with Gasteiger partial charge in [-0.25, -0.2) is 8.42 Å². The molecule has 1 saturated heterocycles. The number of guanidine groups is 1. The molecule has 142 valence electrons. The SMILES string of the molecule is CCNC(=NCCN1CCS(=O)(=O)CC1)NCCc1ccccc1.I. The van der Waals surface area contributed by atoms with E-state index in [9.17, 15) is 8.42 Å². The number of aliphatic imine (C=N–C) groups is 1. The van der Waals surface area contributed by atoms with Gasteiger partial charge in [0, 0.05) is 32.7 Å². The standard InChI is InChI=1S/C17H28N4O2S.HI/c1-2-18-17(19-9-8-16-6-4-3-5-7-16)20-10-11-21-12-14-24(22,23)15-13-21;/h3-7H,2,8-15H2,1H3,(H2,18,19,20);1H. The fourth-order valence-corrected chi connectivity index (χ4v) is 3.87. The van der Waals surface area contributed by atoms with Gasteiger partial charge in [-0.05, 0) is 18.9 Å². The third-order valence-electron chi connectivity index (χ3n) is 4.02. The van der Waals surface area contributed by atoms with Crippen molar-refractivity contribution in [2.75, 3.05) is 50.8 Å². The average molecular weight is 480 g/mol. The summed E-state index contributed by atoms with van der Waals surface area (Å²) in [6.45, 7) is 6.40. The van der Waals surface area contributed by atoms with Crippen LogP contribution in [0.5, 0.6) is 0 Å². The number of hydrogen-bond acceptors (Lipinski definition) is 4. The van der Waals surface area contributed by atoms with E-state index in [1.807, 2.05) is 25.1 Å². The number of nitrogens with one attached hydrogen (secondary N) is 2. The molecule has 2 N–H and O–H groups in total. The third kappa shape index (κ3) is 8.87. The molecule has 25 heavy (non-hydrogen) atoms. The predicted octanol–water partition coefficient (Wildman–Crippen LogP) is 1.13. The first-order valence-electron chi connectivity index (χ1n) is 8.58. The summed E-state index contributed by atoms with van der Waals surface area (Å²) in [6, 6.07) is 10.4. The number of nitrogens with zero attached hydrogens (tertiary/aromatic N) is 2. The molecule has 6 nitrogen and oxygen atoms in total. The fourth-order valence-electron chi connectivity index (χ4n) is 2.59. The molecule has 2 rings (SSSR count). The molecular weight excluding hydrogens is 451 g/mol. The summed E-state index contributed by atoms with van der Waals surface area (Å²) in [5, 5.41) is 6.59. The first-order chi connectivity index (χ1) is 11.6. The highest BCUT2D eigenvalue weighted by molar-refractivity contribution is 14.0. The lowest BCUT2D eigenvalue weighted by Crippen LogP contribution is -2.42. The van der Waals surface area contributed by atoms with Crippen LogP contribution in [-0.2, 0) is 16.3 Å². The number of rotatable bonds is 7. The lowest BCUT2D eigenvalue weighted by atomic mass is 10.1. The van der Waals surface area contributed by atoms with Crippen molar-refractivity contribution in [3.05, 3.63) is 35.9 Å². The molecule has 1 aliphatic heterocycles. The van der Waals surface area contributed by atoms with E-state index in [-0.39, 0.29) is 35.5 Å². The van der Waals surface area contributed by atoms with Crippen LogP contribution in [0.3, 0.4) is 0 Å². The van der Waals surface area contributed by atoms with Crippen molar-refractivity contribution in [1.29, 1.82) is 0 Å². The quantitative estimate of drug-likeness (QED) is 0.348. The fraction of sp³-hybridized carbons (Fsp3) is 0.588. The summed E-state index contributed by atoms with van der Waals surface area (Å²) in [7, 11) is -2.81. The minimum absolute atomic E-state index is 0. The molecule has 0 spiro atoms. The van der Waals surface area contributed by atoms with Crippen molar-refractivity contribution in [3.8, 4) is 0 Å². The molecule has 0 aliphatic carbocycles. The lowest BCUT2D eigenvalue weighted by Gasteiger charge is -2.25. The highest BCUT2D eigenvalue weighted by Crippen LogP contribution is 2.03. The van der Waals surface area contributed by atoms with Gasteiger partial charge < -0.3 is 10.6 Å². The van der Waals surface area contributed by atoms with E-state index < -0.39 is 9.84 Å². The number of hydrogen-bond donors (Lipinski definition) is 2. The maximum Gasteiger partial charge on any atom is 0.191 e. The zero-order valence-electron chi connectivity index (χ0n) is 14.8. The molecule has 8 heteroatoms. The first-order valence-corrected chi connectivity index (χ1v) is 10.4. The molecular formula is C17H29IN4O2S. The van der Waals surface area contributed by atoms with Gasteiger partial charge in [0.2, 0.25) is 0 Å². The lowest BCUT2D eigenvalue weighted by molar-refractivity contribution is 0.304. The maximum atomic E-state index is 11.4. The smallest absolute Gasteiger partial charge is 0.191 e. The molecule has 1 aliphatic rings. The number of benzene rings is 1. The van der Waals surface area contributed by atoms with Crippen LogP contribution in [0.25, 0.3) is 0 Å². The number of sulfone groups is 1. The van der Waals surface area contributed by atoms with Crippen LogP contribution >= 0.6 is 24.0 Å². The molecule has 0 amide bonds. The molecule has 1 aromatic carbocycles. The van der Waals surface area contributed by atoms with E-state index in [2.05, 4.69) is 32.7 Å². The summed E-state index contributed by atoms with van der Waals surface area (Å²) in [5.74, 6) is 1.36. The Labute approximate surface area is 168 Å². The van der Waals surface area contributed by atoms with Gasteiger partial charge in [-0.15, -0.1) is 24.0 Å². The van der Waals surface area contributed by atoms with Crippen LogP contribution in [0.1, 0.15) is 12.5 Å². The number of halogens is 1. The Bertz CT molecular complexity index is 609. The van der Waals surface area contributed by atoms with E-state index in [0.29, 0.717) is 19.6 Å². The minimum atomic E-state index is -2.81. The molecule has 1 fully saturated rings. The van der Waals surface area contributed by atoms with Crippen molar-refractivity contribution >= 4 is 39.8 Å². The first kappa shape index (κ1) is 22.2. The van der Waals surface area contributed by atoms with Gasteiger partial charge in [0.05, 0.1) is 18.1 Å². The predicted molar refractivity (Wildman–Crippen MR) is 115 cm³/mol. The van der Waals surface area contributed by atoms with Crippen LogP contribution in [0, 0.1) is 0 Å². The Morgan fingerprint density at radius 2 is 1.84 bits per heavy atom. The molecule has 1 aromatic rings. The van der Waals surface area contributed by atoms with E-state index in [0.717, 1.165) is 32.0 Å². The van der Waals surface area contributed by atoms with Gasteiger partial charge in [-0.3, -0.25) is 9.89 Å². The molecule has 0 bridgehead atoms. The second-order valence-electron chi connectivity index (χ2n) is 5.92. The van der Waals surface area contributed by atoms with Crippen molar-refractivity contribution in [1.82, 2.24) is 15.5 Å². The third-order valence-corrected chi connectivity index (χ3v) is 5.63. The minimum Gasteiger partial charge on any atom is -0.357 e. The molecule has 0 unspecified atom stereocenters. The molecule has 0 aromatic heterocycles. The van der Waals surface area contributed by atoms with Gasteiger partial charge in [0.1, 0.15) is 0 Å². The summed E-state index contributed by atoms with van der Waals surface area (Å²) in [5.41, 5.74) is 1.30. The van der Waals surface area contributed by atoms with E-state index >= 15 is 0 Å². The van der Waals surface area contributed by atoms with Crippen LogP contribution in [0.4, 0.5) is 0 Å². The van der Waals surface area contributed by atoms with Gasteiger partial charge in [0.25, 0.3) is 0 Å². The normalized spacial score (nSPS) is 17.6.